The van der Waals surface area contributed by atoms with E-state index in [1.807, 2.05) is 0 Å². The van der Waals surface area contributed by atoms with Crippen molar-refractivity contribution in [1.82, 2.24) is 0 Å². The highest BCUT2D eigenvalue weighted by molar-refractivity contribution is 5.86. The first-order valence-corrected chi connectivity index (χ1v) is 6.24. The second kappa shape index (κ2) is 4.13. The van der Waals surface area contributed by atoms with E-state index in [1.54, 1.807) is 0 Å². The normalized spacial score (nSPS) is 25.5. The first-order valence-electron chi connectivity index (χ1n) is 6.24. The van der Waals surface area contributed by atoms with E-state index in [2.05, 4.69) is 42.5 Å². The van der Waals surface area contributed by atoms with Gasteiger partial charge < -0.3 is 11.5 Å². The fourth-order valence-electron chi connectivity index (χ4n) is 2.80. The van der Waals surface area contributed by atoms with Crippen molar-refractivity contribution >= 4 is 10.8 Å². The first-order chi connectivity index (χ1) is 8.25. The van der Waals surface area contributed by atoms with E-state index in [-0.39, 0.29) is 6.04 Å². The van der Waals surface area contributed by atoms with Gasteiger partial charge >= 0.3 is 0 Å². The molecule has 0 amide bonds. The molecule has 3 rings (SSSR count). The van der Waals surface area contributed by atoms with Gasteiger partial charge in [0.05, 0.1) is 0 Å². The van der Waals surface area contributed by atoms with Crippen LogP contribution in [0.3, 0.4) is 0 Å². The summed E-state index contributed by atoms with van der Waals surface area (Å²) >= 11 is 0. The zero-order valence-electron chi connectivity index (χ0n) is 9.84. The molecule has 1 unspecified atom stereocenters. The molecular weight excluding hydrogens is 208 g/mol. The summed E-state index contributed by atoms with van der Waals surface area (Å²) in [5.74, 6) is 0.552. The van der Waals surface area contributed by atoms with Gasteiger partial charge in [0.15, 0.2) is 0 Å². The molecule has 17 heavy (non-hydrogen) atoms. The molecule has 0 aromatic heterocycles. The fraction of sp³-hybridized carbons (Fsp3) is 0.333. The lowest BCUT2D eigenvalue weighted by atomic mass is 9.73. The van der Waals surface area contributed by atoms with Gasteiger partial charge in [-0.2, -0.15) is 0 Å². The van der Waals surface area contributed by atoms with E-state index in [1.165, 1.54) is 16.3 Å². The van der Waals surface area contributed by atoms with Crippen LogP contribution in [0.25, 0.3) is 10.8 Å². The van der Waals surface area contributed by atoms with Crippen LogP contribution in [-0.4, -0.2) is 6.04 Å². The maximum Gasteiger partial charge on any atom is 0.0330 e. The Morgan fingerprint density at radius 1 is 1.00 bits per heavy atom. The summed E-state index contributed by atoms with van der Waals surface area (Å²) in [5, 5.41) is 2.55. The third kappa shape index (κ3) is 1.84. The number of rotatable bonds is 2. The van der Waals surface area contributed by atoms with E-state index < -0.39 is 0 Å². The molecule has 1 atom stereocenters. The minimum absolute atomic E-state index is 0.126. The lowest BCUT2D eigenvalue weighted by Crippen LogP contribution is -2.41. The van der Waals surface area contributed by atoms with Crippen LogP contribution in [0.2, 0.25) is 0 Å². The van der Waals surface area contributed by atoms with Gasteiger partial charge in [0, 0.05) is 12.1 Å². The van der Waals surface area contributed by atoms with Crippen LogP contribution in [-0.2, 0) is 0 Å². The predicted octanol–water partition coefficient (Wildman–Crippen LogP) is 2.58. The SMILES string of the molecule is NC1CC(C(N)c2cccc3ccccc23)C1. The van der Waals surface area contributed by atoms with Crippen molar-refractivity contribution in [3.63, 3.8) is 0 Å². The average molecular weight is 226 g/mol. The summed E-state index contributed by atoms with van der Waals surface area (Å²) in [7, 11) is 0. The average Bonchev–Trinajstić information content (AvgIpc) is 2.33. The number of fused-ring (bicyclic) bond motifs is 1. The summed E-state index contributed by atoms with van der Waals surface area (Å²) in [6.07, 6.45) is 2.12. The van der Waals surface area contributed by atoms with E-state index >= 15 is 0 Å². The fourth-order valence-corrected chi connectivity index (χ4v) is 2.80. The van der Waals surface area contributed by atoms with E-state index in [0.29, 0.717) is 12.0 Å². The zero-order chi connectivity index (χ0) is 11.8. The third-order valence-electron chi connectivity index (χ3n) is 3.90. The van der Waals surface area contributed by atoms with Crippen LogP contribution in [0, 0.1) is 5.92 Å². The van der Waals surface area contributed by atoms with Crippen molar-refractivity contribution in [2.24, 2.45) is 17.4 Å². The standard InChI is InChI=1S/C15H18N2/c16-12-8-11(9-12)15(17)14-7-3-5-10-4-1-2-6-13(10)14/h1-7,11-12,15H,8-9,16-17H2. The Kier molecular flexibility index (Phi) is 2.61. The zero-order valence-corrected chi connectivity index (χ0v) is 9.84. The minimum atomic E-state index is 0.126. The molecule has 0 bridgehead atoms. The quantitative estimate of drug-likeness (QED) is 0.827. The molecule has 88 valence electrons. The smallest absolute Gasteiger partial charge is 0.0330 e. The molecule has 2 aromatic rings. The Bertz CT molecular complexity index is 524. The van der Waals surface area contributed by atoms with E-state index in [9.17, 15) is 0 Å². The second-order valence-corrected chi connectivity index (χ2v) is 5.09. The minimum Gasteiger partial charge on any atom is -0.328 e. The van der Waals surface area contributed by atoms with Gasteiger partial charge in [-0.3, -0.25) is 0 Å². The molecule has 1 aliphatic carbocycles. The van der Waals surface area contributed by atoms with Gasteiger partial charge in [-0.25, -0.2) is 0 Å². The molecule has 2 aromatic carbocycles. The molecule has 1 saturated carbocycles. The van der Waals surface area contributed by atoms with Gasteiger partial charge in [0.25, 0.3) is 0 Å². The van der Waals surface area contributed by atoms with Crippen LogP contribution < -0.4 is 11.5 Å². The maximum absolute atomic E-state index is 6.37. The summed E-state index contributed by atoms with van der Waals surface area (Å²) < 4.78 is 0. The summed E-state index contributed by atoms with van der Waals surface area (Å²) in [6, 6.07) is 15.3. The molecule has 1 aliphatic rings. The summed E-state index contributed by atoms with van der Waals surface area (Å²) in [6.45, 7) is 0. The van der Waals surface area contributed by atoms with Crippen LogP contribution in [0.15, 0.2) is 42.5 Å². The largest absolute Gasteiger partial charge is 0.328 e. The summed E-state index contributed by atoms with van der Waals surface area (Å²) in [5.41, 5.74) is 13.5. The van der Waals surface area contributed by atoms with Crippen LogP contribution >= 0.6 is 0 Å². The van der Waals surface area contributed by atoms with Crippen LogP contribution in [0.1, 0.15) is 24.4 Å². The lowest BCUT2D eigenvalue weighted by Gasteiger charge is -2.37. The van der Waals surface area contributed by atoms with Gasteiger partial charge in [-0.15, -0.1) is 0 Å². The van der Waals surface area contributed by atoms with Crippen molar-refractivity contribution in [3.05, 3.63) is 48.0 Å². The van der Waals surface area contributed by atoms with Gasteiger partial charge in [0.1, 0.15) is 0 Å². The Morgan fingerprint density at radius 3 is 2.47 bits per heavy atom. The molecule has 2 nitrogen and oxygen atoms in total. The molecule has 0 spiro atoms. The Hall–Kier alpha value is -1.38. The van der Waals surface area contributed by atoms with E-state index in [0.717, 1.165) is 12.8 Å². The lowest BCUT2D eigenvalue weighted by molar-refractivity contribution is 0.224. The molecule has 0 heterocycles. The first kappa shape index (κ1) is 10.8. The summed E-state index contributed by atoms with van der Waals surface area (Å²) in [4.78, 5) is 0. The Labute approximate surface area is 102 Å². The number of hydrogen-bond acceptors (Lipinski definition) is 2. The van der Waals surface area contributed by atoms with Crippen molar-refractivity contribution in [1.29, 1.82) is 0 Å². The molecule has 2 heteroatoms. The van der Waals surface area contributed by atoms with Gasteiger partial charge in [-0.05, 0) is 35.1 Å². The third-order valence-corrected chi connectivity index (χ3v) is 3.90. The van der Waals surface area contributed by atoms with Crippen molar-refractivity contribution in [3.8, 4) is 0 Å². The number of benzene rings is 2. The number of nitrogens with two attached hydrogens (primary N) is 2. The highest BCUT2D eigenvalue weighted by Crippen LogP contribution is 2.37. The van der Waals surface area contributed by atoms with E-state index in [4.69, 9.17) is 11.5 Å². The molecule has 1 fully saturated rings. The monoisotopic (exact) mass is 226 g/mol. The van der Waals surface area contributed by atoms with Crippen LogP contribution in [0.4, 0.5) is 0 Å². The predicted molar refractivity (Wildman–Crippen MR) is 71.6 cm³/mol. The molecule has 0 saturated heterocycles. The highest BCUT2D eigenvalue weighted by atomic mass is 14.7. The maximum atomic E-state index is 6.37. The number of hydrogen-bond donors (Lipinski definition) is 2. The molecular formula is C15H18N2. The Morgan fingerprint density at radius 2 is 1.71 bits per heavy atom. The van der Waals surface area contributed by atoms with Gasteiger partial charge in [0.2, 0.25) is 0 Å². The van der Waals surface area contributed by atoms with Crippen molar-refractivity contribution < 1.29 is 0 Å². The van der Waals surface area contributed by atoms with Crippen molar-refractivity contribution in [2.45, 2.75) is 24.9 Å². The van der Waals surface area contributed by atoms with Gasteiger partial charge in [-0.1, -0.05) is 42.5 Å². The topological polar surface area (TPSA) is 52.0 Å². The Balaban J connectivity index is 1.99. The molecule has 0 radical (unpaired) electrons. The molecule has 0 aliphatic heterocycles. The highest BCUT2D eigenvalue weighted by Gasteiger charge is 2.32. The van der Waals surface area contributed by atoms with Crippen molar-refractivity contribution in [2.75, 3.05) is 0 Å². The molecule has 4 N–H and O–H groups in total. The second-order valence-electron chi connectivity index (χ2n) is 5.09. The van der Waals surface area contributed by atoms with Crippen LogP contribution in [0.5, 0.6) is 0 Å².